The topological polar surface area (TPSA) is 93.9 Å². The van der Waals surface area contributed by atoms with E-state index in [4.69, 9.17) is 5.73 Å². The highest BCUT2D eigenvalue weighted by molar-refractivity contribution is 8.13. The van der Waals surface area contributed by atoms with Crippen molar-refractivity contribution in [2.24, 2.45) is 15.9 Å². The molecule has 112 valence electrons. The predicted molar refractivity (Wildman–Crippen MR) is 90.0 cm³/mol. The maximum absolute atomic E-state index is 10.6. The van der Waals surface area contributed by atoms with Gasteiger partial charge in [-0.1, -0.05) is 54.2 Å². The van der Waals surface area contributed by atoms with Gasteiger partial charge in [0.25, 0.3) is 5.69 Å². The molecule has 0 amide bonds. The third-order valence-electron chi connectivity index (χ3n) is 2.70. The first kappa shape index (κ1) is 15.7. The molecule has 0 spiro atoms. The molecule has 0 aliphatic carbocycles. The highest BCUT2D eigenvalue weighted by atomic mass is 32.2. The zero-order chi connectivity index (χ0) is 15.8. The van der Waals surface area contributed by atoms with Crippen LogP contribution in [0.25, 0.3) is 0 Å². The van der Waals surface area contributed by atoms with Crippen LogP contribution in [-0.2, 0) is 5.75 Å². The van der Waals surface area contributed by atoms with Gasteiger partial charge in [0.15, 0.2) is 5.17 Å². The van der Waals surface area contributed by atoms with E-state index in [9.17, 15) is 10.1 Å². The molecular formula is C15H14N4O2S. The van der Waals surface area contributed by atoms with E-state index in [0.717, 1.165) is 11.1 Å². The lowest BCUT2D eigenvalue weighted by Gasteiger charge is -2.00. The van der Waals surface area contributed by atoms with Crippen molar-refractivity contribution in [3.05, 3.63) is 75.8 Å². The van der Waals surface area contributed by atoms with Crippen LogP contribution in [0.4, 0.5) is 5.69 Å². The summed E-state index contributed by atoms with van der Waals surface area (Å²) >= 11 is 1.32. The van der Waals surface area contributed by atoms with Crippen molar-refractivity contribution >= 4 is 28.8 Å². The Morgan fingerprint density at radius 1 is 1.18 bits per heavy atom. The number of nitro groups is 1. The highest BCUT2D eigenvalue weighted by Crippen LogP contribution is 2.16. The van der Waals surface area contributed by atoms with Gasteiger partial charge >= 0.3 is 0 Å². The molecule has 6 nitrogen and oxygen atoms in total. The van der Waals surface area contributed by atoms with Gasteiger partial charge in [-0.25, -0.2) is 0 Å². The van der Waals surface area contributed by atoms with Crippen LogP contribution in [0.5, 0.6) is 0 Å². The van der Waals surface area contributed by atoms with E-state index in [1.807, 2.05) is 30.3 Å². The standard InChI is InChI=1S/C15H14N4O2S/c16-15(18-17-10-12-4-2-1-3-5-12)22-11-13-6-8-14(9-7-13)19(20)21/h1-10H,11H2,(H2,16,18)/b17-10+. The number of non-ortho nitro benzene ring substituents is 1. The molecule has 0 aliphatic heterocycles. The summed E-state index contributed by atoms with van der Waals surface area (Å²) in [5.41, 5.74) is 7.70. The lowest BCUT2D eigenvalue weighted by Crippen LogP contribution is -2.06. The monoisotopic (exact) mass is 314 g/mol. The van der Waals surface area contributed by atoms with Crippen LogP contribution in [0.1, 0.15) is 11.1 Å². The van der Waals surface area contributed by atoms with Gasteiger partial charge in [-0.2, -0.15) is 5.10 Å². The highest BCUT2D eigenvalue weighted by Gasteiger charge is 2.04. The van der Waals surface area contributed by atoms with Crippen LogP contribution in [0.2, 0.25) is 0 Å². The average Bonchev–Trinajstić information content (AvgIpc) is 2.54. The zero-order valence-corrected chi connectivity index (χ0v) is 12.4. The predicted octanol–water partition coefficient (Wildman–Crippen LogP) is 3.18. The third-order valence-corrected chi connectivity index (χ3v) is 3.55. The zero-order valence-electron chi connectivity index (χ0n) is 11.6. The van der Waals surface area contributed by atoms with Gasteiger partial charge in [-0.15, -0.1) is 5.10 Å². The maximum atomic E-state index is 10.6. The Balaban J connectivity index is 1.86. The fourth-order valence-corrected chi connectivity index (χ4v) is 2.20. The van der Waals surface area contributed by atoms with E-state index in [1.165, 1.54) is 23.9 Å². The van der Waals surface area contributed by atoms with Crippen LogP contribution in [0.3, 0.4) is 0 Å². The Morgan fingerprint density at radius 3 is 2.50 bits per heavy atom. The van der Waals surface area contributed by atoms with Crippen LogP contribution in [0, 0.1) is 10.1 Å². The van der Waals surface area contributed by atoms with Gasteiger partial charge in [0.05, 0.1) is 11.1 Å². The lowest BCUT2D eigenvalue weighted by atomic mass is 10.2. The molecule has 0 unspecified atom stereocenters. The smallest absolute Gasteiger partial charge is 0.269 e. The summed E-state index contributed by atoms with van der Waals surface area (Å²) in [7, 11) is 0. The van der Waals surface area contributed by atoms with Crippen molar-refractivity contribution < 1.29 is 4.92 Å². The number of thioether (sulfide) groups is 1. The first-order chi connectivity index (χ1) is 10.6. The van der Waals surface area contributed by atoms with Crippen molar-refractivity contribution in [2.75, 3.05) is 0 Å². The Morgan fingerprint density at radius 2 is 1.86 bits per heavy atom. The molecule has 0 radical (unpaired) electrons. The molecule has 2 aromatic rings. The second-order valence-electron chi connectivity index (χ2n) is 4.31. The van der Waals surface area contributed by atoms with Crippen molar-refractivity contribution in [1.29, 1.82) is 0 Å². The summed E-state index contributed by atoms with van der Waals surface area (Å²) in [6, 6.07) is 15.9. The summed E-state index contributed by atoms with van der Waals surface area (Å²) in [4.78, 5) is 10.1. The second kappa shape index (κ2) is 7.94. The van der Waals surface area contributed by atoms with Crippen LogP contribution in [-0.4, -0.2) is 16.3 Å². The Labute approximate surface area is 131 Å². The van der Waals surface area contributed by atoms with E-state index in [2.05, 4.69) is 10.2 Å². The molecule has 0 aromatic heterocycles. The Bertz CT molecular complexity index is 684. The number of hydrogen-bond donors (Lipinski definition) is 1. The third kappa shape index (κ3) is 5.02. The normalized spacial score (nSPS) is 11.7. The minimum atomic E-state index is -0.426. The molecule has 22 heavy (non-hydrogen) atoms. The first-order valence-electron chi connectivity index (χ1n) is 6.43. The average molecular weight is 314 g/mol. The van der Waals surface area contributed by atoms with E-state index in [1.54, 1.807) is 18.3 Å². The van der Waals surface area contributed by atoms with Gasteiger partial charge in [0, 0.05) is 17.9 Å². The van der Waals surface area contributed by atoms with E-state index in [-0.39, 0.29) is 5.69 Å². The van der Waals surface area contributed by atoms with Crippen molar-refractivity contribution in [3.8, 4) is 0 Å². The van der Waals surface area contributed by atoms with E-state index >= 15 is 0 Å². The molecule has 2 N–H and O–H groups in total. The molecule has 0 atom stereocenters. The quantitative estimate of drug-likeness (QED) is 0.397. The largest absolute Gasteiger partial charge is 0.377 e. The van der Waals surface area contributed by atoms with E-state index < -0.39 is 4.92 Å². The number of benzene rings is 2. The summed E-state index contributed by atoms with van der Waals surface area (Å²) in [6.45, 7) is 0. The van der Waals surface area contributed by atoms with Gasteiger partial charge < -0.3 is 5.73 Å². The van der Waals surface area contributed by atoms with Crippen LogP contribution in [0.15, 0.2) is 64.8 Å². The molecule has 0 fully saturated rings. The molecule has 2 aromatic carbocycles. The Kier molecular flexibility index (Phi) is 5.67. The van der Waals surface area contributed by atoms with E-state index in [0.29, 0.717) is 10.9 Å². The molecule has 0 saturated carbocycles. The number of hydrogen-bond acceptors (Lipinski definition) is 5. The van der Waals surface area contributed by atoms with Crippen molar-refractivity contribution in [2.45, 2.75) is 5.75 Å². The molecule has 0 bridgehead atoms. The van der Waals surface area contributed by atoms with Gasteiger partial charge in [-0.3, -0.25) is 10.1 Å². The number of nitrogens with zero attached hydrogens (tertiary/aromatic N) is 3. The summed E-state index contributed by atoms with van der Waals surface area (Å²) < 4.78 is 0. The molecule has 0 heterocycles. The first-order valence-corrected chi connectivity index (χ1v) is 7.41. The fraction of sp³-hybridized carbons (Fsp3) is 0.0667. The summed E-state index contributed by atoms with van der Waals surface area (Å²) in [5.74, 6) is 0.578. The van der Waals surface area contributed by atoms with Gasteiger partial charge in [0.2, 0.25) is 0 Å². The van der Waals surface area contributed by atoms with Crippen molar-refractivity contribution in [3.63, 3.8) is 0 Å². The Hall–Kier alpha value is -2.67. The number of rotatable bonds is 5. The minimum Gasteiger partial charge on any atom is -0.377 e. The summed E-state index contributed by atoms with van der Waals surface area (Å²) in [5, 5.41) is 18.7. The molecular weight excluding hydrogens is 300 g/mol. The number of amidine groups is 1. The minimum absolute atomic E-state index is 0.0721. The van der Waals surface area contributed by atoms with Gasteiger partial charge in [0.1, 0.15) is 0 Å². The number of nitro benzene ring substituents is 1. The molecule has 0 saturated heterocycles. The van der Waals surface area contributed by atoms with Gasteiger partial charge in [-0.05, 0) is 11.1 Å². The van der Waals surface area contributed by atoms with Crippen LogP contribution < -0.4 is 5.73 Å². The SMILES string of the molecule is N/C(=N\N=C\c1ccccc1)SCc1ccc([N+](=O)[O-])cc1. The molecule has 2 rings (SSSR count). The molecule has 7 heteroatoms. The molecule has 0 aliphatic rings. The second-order valence-corrected chi connectivity index (χ2v) is 5.30. The summed E-state index contributed by atoms with van der Waals surface area (Å²) in [6.07, 6.45) is 1.62. The lowest BCUT2D eigenvalue weighted by molar-refractivity contribution is -0.384. The van der Waals surface area contributed by atoms with Crippen molar-refractivity contribution in [1.82, 2.24) is 0 Å². The van der Waals surface area contributed by atoms with Crippen LogP contribution >= 0.6 is 11.8 Å². The fourth-order valence-electron chi connectivity index (χ4n) is 1.59. The number of nitrogens with two attached hydrogens (primary N) is 1. The maximum Gasteiger partial charge on any atom is 0.269 e.